The summed E-state index contributed by atoms with van der Waals surface area (Å²) in [7, 11) is 1.49. The Balaban J connectivity index is 1.37. The summed E-state index contributed by atoms with van der Waals surface area (Å²) >= 11 is 0. The van der Waals surface area contributed by atoms with Gasteiger partial charge in [0.15, 0.2) is 37.0 Å². The Morgan fingerprint density at radius 2 is 0.987 bits per heavy atom. The van der Waals surface area contributed by atoms with Gasteiger partial charge in [-0.1, -0.05) is 66.7 Å². The number of carbonyl (C=O) groups is 8. The third-order valence-corrected chi connectivity index (χ3v) is 12.0. The summed E-state index contributed by atoms with van der Waals surface area (Å²) in [5.74, 6) is -4.98. The molecule has 0 saturated carbocycles. The molecule has 20 nitrogen and oxygen atoms in total. The fourth-order valence-electron chi connectivity index (χ4n) is 8.20. The lowest BCUT2D eigenvalue weighted by molar-refractivity contribution is -0.384. The lowest BCUT2D eigenvalue weighted by Crippen LogP contribution is -2.68. The molecule has 398 valence electrons. The summed E-state index contributed by atoms with van der Waals surface area (Å²) in [5.41, 5.74) is 0.729. The average molecular weight is 1040 g/mol. The Morgan fingerprint density at radius 1 is 0.493 bits per heavy atom. The van der Waals surface area contributed by atoms with Crippen LogP contribution in [0, 0.1) is 0 Å². The second-order valence-corrected chi connectivity index (χ2v) is 17.8. The largest absolute Gasteiger partial charge is 0.497 e. The number of ketones is 3. The van der Waals surface area contributed by atoms with E-state index in [0.717, 1.165) is 0 Å². The van der Waals surface area contributed by atoms with E-state index in [0.29, 0.717) is 11.3 Å². The summed E-state index contributed by atoms with van der Waals surface area (Å²) in [6.45, 7) is 2.94. The van der Waals surface area contributed by atoms with E-state index in [-0.39, 0.29) is 66.5 Å². The van der Waals surface area contributed by atoms with Crippen molar-refractivity contribution in [1.82, 2.24) is 0 Å². The molecule has 0 aliphatic carbocycles. The van der Waals surface area contributed by atoms with Crippen LogP contribution in [0.3, 0.4) is 0 Å². The standard InChI is InChI=1S/C55H58O20/c1-32(56)20-27-42(59)65-30-40-45(70-43(60)28-21-33(2)57)47(71-44(61)29-22-34(3)58)49(72-51(62)35-14-8-5-9-15-35)55(69-40)75-48-46-41(31-66-53(74-46)37-18-12-7-13-19-37)68-54(67-39-25-23-38(64-4)24-26-39)50(48)73-52(63)36-16-10-6-11-17-36/h5-19,23-26,40-41,45-50,53-55H,20-22,27-31H2,1-4H3/t40-,41-,45+,46+,47+,48+,49-,50-,53+,54-,55+/m1/s1. The highest BCUT2D eigenvalue weighted by molar-refractivity contribution is 5.90. The van der Waals surface area contributed by atoms with E-state index in [1.165, 1.54) is 52.1 Å². The van der Waals surface area contributed by atoms with E-state index in [1.54, 1.807) is 91.0 Å². The number of hydrogen-bond acceptors (Lipinski definition) is 20. The summed E-state index contributed by atoms with van der Waals surface area (Å²) < 4.78 is 75.0. The molecule has 7 rings (SSSR count). The molecule has 0 aromatic heterocycles. The molecular formula is C55H58O20. The van der Waals surface area contributed by atoms with Crippen LogP contribution in [-0.4, -0.2) is 129 Å². The number of carbonyl (C=O) groups excluding carboxylic acids is 8. The van der Waals surface area contributed by atoms with E-state index < -0.39 is 117 Å². The molecule has 4 aromatic rings. The Morgan fingerprint density at radius 3 is 1.52 bits per heavy atom. The van der Waals surface area contributed by atoms with Crippen molar-refractivity contribution in [3.05, 3.63) is 132 Å². The summed E-state index contributed by atoms with van der Waals surface area (Å²) in [6.07, 6.45) is -19.1. The Labute approximate surface area is 432 Å². The molecule has 0 unspecified atom stereocenters. The van der Waals surface area contributed by atoms with Gasteiger partial charge in [-0.3, -0.25) is 14.4 Å². The van der Waals surface area contributed by atoms with Crippen molar-refractivity contribution in [2.45, 2.75) is 127 Å². The SMILES string of the molecule is COc1ccc(O[C@@H]2O[C@@H]3CO[C@H](c4ccccc4)O[C@@H]3[C@H](O[C@@H]3O[C@H](COC(=O)CCC(C)=O)[C@H](OC(=O)CCC(C)=O)[C@H](OC(=O)CCC(C)=O)[C@H]3OC(=O)c3ccccc3)[C@H]2OC(=O)c2ccccc2)cc1. The number of hydrogen-bond donors (Lipinski definition) is 0. The molecule has 11 atom stereocenters. The lowest BCUT2D eigenvalue weighted by Gasteiger charge is -2.51. The van der Waals surface area contributed by atoms with Crippen molar-refractivity contribution in [3.63, 3.8) is 0 Å². The highest BCUT2D eigenvalue weighted by Crippen LogP contribution is 2.40. The molecule has 3 heterocycles. The average Bonchev–Trinajstić information content (AvgIpc) is 3.41. The smallest absolute Gasteiger partial charge is 0.338 e. The molecular weight excluding hydrogens is 981 g/mol. The summed E-state index contributed by atoms with van der Waals surface area (Å²) in [5, 5.41) is 0. The van der Waals surface area contributed by atoms with Gasteiger partial charge in [0.05, 0.1) is 44.1 Å². The van der Waals surface area contributed by atoms with Crippen LogP contribution < -0.4 is 9.47 Å². The zero-order valence-electron chi connectivity index (χ0n) is 41.6. The van der Waals surface area contributed by atoms with Crippen molar-refractivity contribution in [2.24, 2.45) is 0 Å². The number of rotatable bonds is 23. The van der Waals surface area contributed by atoms with Crippen LogP contribution in [0.4, 0.5) is 0 Å². The van der Waals surface area contributed by atoms with Crippen LogP contribution in [0.15, 0.2) is 115 Å². The minimum Gasteiger partial charge on any atom is -0.497 e. The molecule has 3 saturated heterocycles. The Kier molecular flexibility index (Phi) is 19.7. The maximum absolute atomic E-state index is 14.3. The van der Waals surface area contributed by atoms with Crippen molar-refractivity contribution in [1.29, 1.82) is 0 Å². The van der Waals surface area contributed by atoms with Gasteiger partial charge >= 0.3 is 29.8 Å². The van der Waals surface area contributed by atoms with Crippen molar-refractivity contribution in [3.8, 4) is 11.5 Å². The number of benzene rings is 4. The van der Waals surface area contributed by atoms with E-state index in [9.17, 15) is 38.4 Å². The van der Waals surface area contributed by atoms with Gasteiger partial charge in [-0.15, -0.1) is 0 Å². The van der Waals surface area contributed by atoms with E-state index in [2.05, 4.69) is 0 Å². The number of Topliss-reactive ketones (excluding diaryl/α,β-unsaturated/α-hetero) is 3. The first-order valence-electron chi connectivity index (χ1n) is 24.3. The molecule has 0 bridgehead atoms. The van der Waals surface area contributed by atoms with Gasteiger partial charge in [0, 0.05) is 24.8 Å². The molecule has 20 heteroatoms. The molecule has 3 aliphatic rings. The predicted octanol–water partition coefficient (Wildman–Crippen LogP) is 5.95. The molecule has 0 amide bonds. The monoisotopic (exact) mass is 1040 g/mol. The molecule has 3 fully saturated rings. The molecule has 0 N–H and O–H groups in total. The number of ether oxygens (including phenoxy) is 12. The second kappa shape index (κ2) is 26.7. The Bertz CT molecular complexity index is 2590. The molecule has 4 aromatic carbocycles. The van der Waals surface area contributed by atoms with Gasteiger partial charge < -0.3 is 71.2 Å². The predicted molar refractivity (Wildman–Crippen MR) is 258 cm³/mol. The number of fused-ring (bicyclic) bond motifs is 1. The van der Waals surface area contributed by atoms with E-state index in [1.807, 2.05) is 0 Å². The van der Waals surface area contributed by atoms with Gasteiger partial charge in [-0.25, -0.2) is 9.59 Å². The van der Waals surface area contributed by atoms with Crippen LogP contribution in [0.2, 0.25) is 0 Å². The van der Waals surface area contributed by atoms with Gasteiger partial charge in [-0.05, 0) is 69.3 Å². The fraction of sp³-hybridized carbons (Fsp3) is 0.418. The summed E-state index contributed by atoms with van der Waals surface area (Å²) in [6, 6.07) is 31.0. The molecule has 75 heavy (non-hydrogen) atoms. The first-order chi connectivity index (χ1) is 36.1. The topological polar surface area (TPSA) is 247 Å². The van der Waals surface area contributed by atoms with Gasteiger partial charge in [0.1, 0.15) is 59.9 Å². The molecule has 3 aliphatic heterocycles. The molecule has 0 spiro atoms. The third-order valence-electron chi connectivity index (χ3n) is 12.0. The van der Waals surface area contributed by atoms with Gasteiger partial charge in [0.25, 0.3) is 0 Å². The molecule has 0 radical (unpaired) electrons. The zero-order valence-corrected chi connectivity index (χ0v) is 41.6. The minimum atomic E-state index is -1.94. The third kappa shape index (κ3) is 15.6. The quantitative estimate of drug-likeness (QED) is 0.0615. The van der Waals surface area contributed by atoms with Crippen molar-refractivity contribution < 1.29 is 95.2 Å². The van der Waals surface area contributed by atoms with Crippen molar-refractivity contribution >= 4 is 47.2 Å². The first kappa shape index (κ1) is 55.4. The van der Waals surface area contributed by atoms with Gasteiger partial charge in [-0.2, -0.15) is 0 Å². The number of methoxy groups -OCH3 is 1. The van der Waals surface area contributed by atoms with Crippen LogP contribution >= 0.6 is 0 Å². The van der Waals surface area contributed by atoms with Crippen LogP contribution in [0.1, 0.15) is 91.9 Å². The van der Waals surface area contributed by atoms with E-state index in [4.69, 9.17) is 56.8 Å². The zero-order chi connectivity index (χ0) is 53.4. The number of esters is 5. The minimum absolute atomic E-state index is 0.0154. The Hall–Kier alpha value is -7.36. The first-order valence-corrected chi connectivity index (χ1v) is 24.3. The normalized spacial score (nSPS) is 25.0. The highest BCUT2D eigenvalue weighted by Gasteiger charge is 2.59. The maximum atomic E-state index is 14.3. The van der Waals surface area contributed by atoms with Crippen LogP contribution in [0.5, 0.6) is 11.5 Å². The van der Waals surface area contributed by atoms with Gasteiger partial charge in [0.2, 0.25) is 6.29 Å². The van der Waals surface area contributed by atoms with E-state index >= 15 is 0 Å². The second-order valence-electron chi connectivity index (χ2n) is 17.8. The fourth-order valence-corrected chi connectivity index (χ4v) is 8.20. The highest BCUT2D eigenvalue weighted by atomic mass is 16.8. The van der Waals surface area contributed by atoms with Crippen molar-refractivity contribution in [2.75, 3.05) is 20.3 Å². The lowest BCUT2D eigenvalue weighted by atomic mass is 9.95. The maximum Gasteiger partial charge on any atom is 0.338 e. The van der Waals surface area contributed by atoms with Crippen LogP contribution in [-0.2, 0) is 76.1 Å². The van der Waals surface area contributed by atoms with Crippen LogP contribution in [0.25, 0.3) is 0 Å². The summed E-state index contributed by atoms with van der Waals surface area (Å²) in [4.78, 5) is 105.